The third kappa shape index (κ3) is 11.0. The highest BCUT2D eigenvalue weighted by Gasteiger charge is 2.24. The predicted molar refractivity (Wildman–Crippen MR) is 190 cm³/mol. The molecule has 4 rings (SSSR count). The van der Waals surface area contributed by atoms with Gasteiger partial charge in [0.25, 0.3) is 0 Å². The molecule has 0 radical (unpaired) electrons. The van der Waals surface area contributed by atoms with Crippen LogP contribution in [0, 0.1) is 25.7 Å². The summed E-state index contributed by atoms with van der Waals surface area (Å²) in [5.41, 5.74) is 2.47. The van der Waals surface area contributed by atoms with Gasteiger partial charge in [-0.2, -0.15) is 19.2 Å². The highest BCUT2D eigenvalue weighted by molar-refractivity contribution is 7.98. The van der Waals surface area contributed by atoms with E-state index in [-0.39, 0.29) is 74.1 Å². The van der Waals surface area contributed by atoms with Gasteiger partial charge in [-0.1, -0.05) is 63.0 Å². The van der Waals surface area contributed by atoms with Crippen molar-refractivity contribution in [3.05, 3.63) is 77.0 Å². The number of ketones is 2. The molecule has 0 amide bonds. The quantitative estimate of drug-likeness (QED) is 0.145. The van der Waals surface area contributed by atoms with E-state index in [2.05, 4.69) is 9.97 Å². The summed E-state index contributed by atoms with van der Waals surface area (Å²) in [5, 5.41) is 2.14. The first-order valence-electron chi connectivity index (χ1n) is 14.6. The smallest absolute Gasteiger partial charge is 0.349 e. The number of rotatable bonds is 8. The Labute approximate surface area is 299 Å². The van der Waals surface area contributed by atoms with E-state index in [0.29, 0.717) is 32.9 Å². The molecular weight excluding hydrogens is 715 g/mol. The van der Waals surface area contributed by atoms with Crippen molar-refractivity contribution in [3.63, 3.8) is 0 Å². The number of hydrogen-bond donors (Lipinski definition) is 2. The Morgan fingerprint density at radius 3 is 1.49 bits per heavy atom. The maximum atomic E-state index is 12.8. The zero-order valence-electron chi connectivity index (χ0n) is 28.1. The Kier molecular flexibility index (Phi) is 17.5. The van der Waals surface area contributed by atoms with Gasteiger partial charge in [0.2, 0.25) is 10.9 Å². The molecule has 1 atom stereocenters. The lowest BCUT2D eigenvalue weighted by Gasteiger charge is -2.12. The largest absolute Gasteiger partial charge is 0.373 e. The molecule has 1 unspecified atom stereocenters. The standard InChI is InChI=1S/C16H18ClNO3S.C16H18ClNO2S.2CO2/c1-8(2)7-11(19)13-15(20)12-10(17)6-5-9(3)14(12)18-16(13)22(4)21;1-8(2)7-11(19)13-15(20)12-10(17)6-5-9(3)14(12)18-16(13)21-4;2*2-1-3/h5-6,8H,7H2,1-4H3,(H,18,20);5-6,8H,7H2,1-4H3,(H,18,20);;. The van der Waals surface area contributed by atoms with Crippen LogP contribution in [0.25, 0.3) is 21.8 Å². The van der Waals surface area contributed by atoms with E-state index < -0.39 is 16.2 Å². The number of H-pyrrole nitrogens is 2. The van der Waals surface area contributed by atoms with Crippen LogP contribution >= 0.6 is 35.0 Å². The molecule has 0 bridgehead atoms. The number of Topliss-reactive ketones (excluding diaryl/α,β-unsaturated/α-hetero) is 2. The maximum Gasteiger partial charge on any atom is 0.373 e. The van der Waals surface area contributed by atoms with Crippen molar-refractivity contribution < 1.29 is 33.0 Å². The van der Waals surface area contributed by atoms with Crippen molar-refractivity contribution in [1.82, 2.24) is 9.97 Å². The van der Waals surface area contributed by atoms with Crippen LogP contribution in [0.4, 0.5) is 0 Å². The summed E-state index contributed by atoms with van der Waals surface area (Å²) in [7, 11) is -1.48. The summed E-state index contributed by atoms with van der Waals surface area (Å²) < 4.78 is 12.0. The van der Waals surface area contributed by atoms with Crippen molar-refractivity contribution in [2.75, 3.05) is 12.5 Å². The molecule has 0 aliphatic carbocycles. The molecule has 4 aromatic rings. The molecule has 11 nitrogen and oxygen atoms in total. The second kappa shape index (κ2) is 19.9. The molecule has 15 heteroatoms. The first kappa shape index (κ1) is 43.1. The van der Waals surface area contributed by atoms with Crippen molar-refractivity contribution in [1.29, 1.82) is 0 Å². The number of hydrogen-bond acceptors (Lipinski definition) is 10. The molecule has 0 aliphatic rings. The van der Waals surface area contributed by atoms with Crippen LogP contribution in [0.5, 0.6) is 0 Å². The molecule has 262 valence electrons. The van der Waals surface area contributed by atoms with Gasteiger partial charge in [0.15, 0.2) is 11.6 Å². The van der Waals surface area contributed by atoms with E-state index in [1.165, 1.54) is 18.0 Å². The van der Waals surface area contributed by atoms with Crippen LogP contribution in [-0.4, -0.2) is 50.6 Å². The number of pyridine rings is 2. The van der Waals surface area contributed by atoms with Gasteiger partial charge in [-0.25, -0.2) is 0 Å². The van der Waals surface area contributed by atoms with Gasteiger partial charge in [0.1, 0.15) is 5.03 Å². The van der Waals surface area contributed by atoms with E-state index in [1.807, 2.05) is 53.9 Å². The molecule has 49 heavy (non-hydrogen) atoms. The fourth-order valence-electron chi connectivity index (χ4n) is 4.76. The number of halogens is 2. The second-order valence-electron chi connectivity index (χ2n) is 11.4. The Balaban J connectivity index is 0.000000423. The molecule has 0 saturated carbocycles. The van der Waals surface area contributed by atoms with E-state index in [9.17, 15) is 23.4 Å². The molecule has 0 spiro atoms. The van der Waals surface area contributed by atoms with E-state index >= 15 is 0 Å². The fraction of sp³-hybridized carbons (Fsp3) is 0.353. The van der Waals surface area contributed by atoms with Crippen LogP contribution in [0.3, 0.4) is 0 Å². The van der Waals surface area contributed by atoms with Gasteiger partial charge < -0.3 is 9.97 Å². The number of aromatic amines is 2. The SMILES string of the molecule is CSc1[nH]c2c(C)ccc(Cl)c2c(=O)c1C(=O)CC(C)C.Cc1ccc(Cl)c2c(=O)c(C(=O)CC(C)C)c(S(C)=O)[nH]c12.O=C=O.O=C=O. The maximum absolute atomic E-state index is 12.8. The Hall–Kier alpha value is -3.96. The minimum Gasteiger partial charge on any atom is -0.349 e. The van der Waals surface area contributed by atoms with Crippen molar-refractivity contribution in [2.24, 2.45) is 11.8 Å². The molecule has 2 aromatic heterocycles. The number of thioether (sulfide) groups is 1. The zero-order chi connectivity index (χ0) is 37.7. The van der Waals surface area contributed by atoms with Gasteiger partial charge >= 0.3 is 12.3 Å². The molecule has 2 N–H and O–H groups in total. The Morgan fingerprint density at radius 1 is 0.755 bits per heavy atom. The number of benzene rings is 2. The molecule has 0 saturated heterocycles. The fourth-order valence-corrected chi connectivity index (χ4v) is 6.60. The van der Waals surface area contributed by atoms with Gasteiger partial charge in [0, 0.05) is 19.1 Å². The average Bonchev–Trinajstić information content (AvgIpc) is 3.00. The lowest BCUT2D eigenvalue weighted by Crippen LogP contribution is -2.22. The van der Waals surface area contributed by atoms with Gasteiger partial charge in [-0.3, -0.25) is 23.4 Å². The number of carbonyl (C=O) groups is 2. The van der Waals surface area contributed by atoms with Crippen LogP contribution in [0.1, 0.15) is 72.4 Å². The number of carbonyl (C=O) groups excluding carboxylic acids is 6. The summed E-state index contributed by atoms with van der Waals surface area (Å²) in [6.45, 7) is 11.5. The van der Waals surface area contributed by atoms with Crippen LogP contribution in [0.2, 0.25) is 10.0 Å². The molecule has 0 aliphatic heterocycles. The number of nitrogens with one attached hydrogen (secondary N) is 2. The topological polar surface area (TPSA) is 185 Å². The molecular formula is C34H36Cl2N2O9S2. The highest BCUT2D eigenvalue weighted by Crippen LogP contribution is 2.28. The Bertz CT molecular complexity index is 2060. The van der Waals surface area contributed by atoms with Gasteiger partial charge in [-0.15, -0.1) is 11.8 Å². The number of aryl methyl sites for hydroxylation is 2. The van der Waals surface area contributed by atoms with Crippen molar-refractivity contribution in [3.8, 4) is 0 Å². The third-order valence-electron chi connectivity index (χ3n) is 6.80. The monoisotopic (exact) mass is 750 g/mol. The van der Waals surface area contributed by atoms with Gasteiger partial charge in [0.05, 0.1) is 58.8 Å². The van der Waals surface area contributed by atoms with E-state index in [1.54, 1.807) is 18.2 Å². The van der Waals surface area contributed by atoms with E-state index in [4.69, 9.17) is 42.4 Å². The molecule has 0 fully saturated rings. The minimum absolute atomic E-state index is 0.0328. The van der Waals surface area contributed by atoms with Crippen molar-refractivity contribution in [2.45, 2.75) is 64.4 Å². The third-order valence-corrected chi connectivity index (χ3v) is 9.03. The highest BCUT2D eigenvalue weighted by atomic mass is 35.5. The number of fused-ring (bicyclic) bond motifs is 2. The zero-order valence-corrected chi connectivity index (χ0v) is 31.3. The summed E-state index contributed by atoms with van der Waals surface area (Å²) in [6.07, 6.45) is 4.38. The lowest BCUT2D eigenvalue weighted by atomic mass is 10.00. The first-order chi connectivity index (χ1) is 22.9. The Morgan fingerprint density at radius 2 is 1.12 bits per heavy atom. The second-order valence-corrected chi connectivity index (χ2v) is 14.4. The molecule has 2 aromatic carbocycles. The summed E-state index contributed by atoms with van der Waals surface area (Å²) >= 11 is 13.7. The summed E-state index contributed by atoms with van der Waals surface area (Å²) in [5.74, 6) is -0.125. The summed E-state index contributed by atoms with van der Waals surface area (Å²) in [4.78, 5) is 89.1. The van der Waals surface area contributed by atoms with E-state index in [0.717, 1.165) is 11.1 Å². The van der Waals surface area contributed by atoms with Crippen LogP contribution < -0.4 is 10.9 Å². The van der Waals surface area contributed by atoms with Crippen molar-refractivity contribution >= 4 is 91.4 Å². The normalized spacial score (nSPS) is 10.9. The number of aromatic nitrogens is 2. The first-order valence-corrected chi connectivity index (χ1v) is 18.1. The summed E-state index contributed by atoms with van der Waals surface area (Å²) in [6, 6.07) is 6.97. The lowest BCUT2D eigenvalue weighted by molar-refractivity contribution is -0.193. The predicted octanol–water partition coefficient (Wildman–Crippen LogP) is 6.73. The minimum atomic E-state index is -1.48. The molecule has 2 heterocycles. The van der Waals surface area contributed by atoms with Crippen LogP contribution in [0.15, 0.2) is 43.9 Å². The van der Waals surface area contributed by atoms with Crippen LogP contribution in [-0.2, 0) is 30.0 Å². The average molecular weight is 752 g/mol. The van der Waals surface area contributed by atoms with Gasteiger partial charge in [-0.05, 0) is 55.2 Å².